The minimum atomic E-state index is -2.29. The van der Waals surface area contributed by atoms with E-state index in [2.05, 4.69) is 6.08 Å². The summed E-state index contributed by atoms with van der Waals surface area (Å²) < 4.78 is 38.2. The summed E-state index contributed by atoms with van der Waals surface area (Å²) in [5, 5.41) is 0. The zero-order chi connectivity index (χ0) is 17.9. The fourth-order valence-electron chi connectivity index (χ4n) is 1.96. The molecule has 0 saturated heterocycles. The maximum absolute atomic E-state index is 12.7. The molecule has 0 aliphatic rings. The third-order valence-electron chi connectivity index (χ3n) is 3.72. The summed E-state index contributed by atoms with van der Waals surface area (Å²) in [6.45, 7) is 1.76. The Balaban J connectivity index is 4.30. The molecule has 0 amide bonds. The van der Waals surface area contributed by atoms with E-state index < -0.39 is 43.4 Å². The molecule has 0 aromatic heterocycles. The van der Waals surface area contributed by atoms with Crippen LogP contribution in [0.25, 0.3) is 0 Å². The lowest BCUT2D eigenvalue weighted by atomic mass is 9.84. The van der Waals surface area contributed by atoms with E-state index in [1.54, 1.807) is 0 Å². The van der Waals surface area contributed by atoms with Gasteiger partial charge in [-0.15, -0.1) is 0 Å². The van der Waals surface area contributed by atoms with Gasteiger partial charge in [0.05, 0.1) is 6.42 Å². The van der Waals surface area contributed by atoms with E-state index in [-0.39, 0.29) is 6.42 Å². The van der Waals surface area contributed by atoms with Crippen molar-refractivity contribution in [3.8, 4) is 0 Å². The molecule has 0 unspecified atom stereocenters. The Morgan fingerprint density at radius 3 is 1.87 bits per heavy atom. The highest BCUT2D eigenvalue weighted by Gasteiger charge is 2.39. The van der Waals surface area contributed by atoms with Crippen LogP contribution in [0.1, 0.15) is 52.9 Å². The summed E-state index contributed by atoms with van der Waals surface area (Å²) in [5.74, 6) is -1.40. The monoisotopic (exact) mass is 332 g/mol. The third-order valence-corrected chi connectivity index (χ3v) is 3.72. The van der Waals surface area contributed by atoms with Crippen molar-refractivity contribution in [3.05, 3.63) is 23.3 Å². The highest BCUT2D eigenvalue weighted by atomic mass is 19.1. The van der Waals surface area contributed by atoms with Gasteiger partial charge in [-0.25, -0.2) is 13.2 Å². The van der Waals surface area contributed by atoms with Crippen LogP contribution in [0.15, 0.2) is 23.3 Å². The molecule has 2 nitrogen and oxygen atoms in total. The normalized spacial score (nSPS) is 12.2. The lowest BCUT2D eigenvalue weighted by Crippen LogP contribution is -2.39. The van der Waals surface area contributed by atoms with Crippen LogP contribution in [-0.2, 0) is 9.59 Å². The quantitative estimate of drug-likeness (QED) is 0.377. The van der Waals surface area contributed by atoms with Crippen LogP contribution in [0.2, 0.25) is 0 Å². The first-order valence-electron chi connectivity index (χ1n) is 7.83. The average molecular weight is 332 g/mol. The number of halogens is 3. The summed E-state index contributed by atoms with van der Waals surface area (Å²) in [4.78, 5) is 23.4. The predicted octanol–water partition coefficient (Wildman–Crippen LogP) is 4.88. The molecule has 0 fully saturated rings. The van der Waals surface area contributed by atoms with E-state index in [9.17, 15) is 22.8 Å². The van der Waals surface area contributed by atoms with Gasteiger partial charge in [0.15, 0.2) is 5.78 Å². The summed E-state index contributed by atoms with van der Waals surface area (Å²) in [7, 11) is 0. The topological polar surface area (TPSA) is 34.1 Å². The molecule has 0 saturated carbocycles. The van der Waals surface area contributed by atoms with Gasteiger partial charge in [0.25, 0.3) is 0 Å². The smallest absolute Gasteiger partial charge is 0.154 e. The highest BCUT2D eigenvalue weighted by molar-refractivity contribution is 6.02. The summed E-state index contributed by atoms with van der Waals surface area (Å²) >= 11 is 0. The molecular formula is C18H27F3O2. The Morgan fingerprint density at radius 2 is 1.39 bits per heavy atom. The number of ketones is 2. The van der Waals surface area contributed by atoms with Gasteiger partial charge in [-0.1, -0.05) is 23.3 Å². The molecule has 132 valence electrons. The molecule has 0 atom stereocenters. The zero-order valence-electron chi connectivity index (χ0n) is 14.3. The summed E-state index contributed by atoms with van der Waals surface area (Å²) in [6, 6.07) is 0. The highest BCUT2D eigenvalue weighted by Crippen LogP contribution is 2.23. The van der Waals surface area contributed by atoms with Crippen LogP contribution in [0.4, 0.5) is 13.2 Å². The second kappa shape index (κ2) is 11.2. The molecule has 0 rings (SSSR count). The Morgan fingerprint density at radius 1 is 0.870 bits per heavy atom. The first-order chi connectivity index (χ1) is 10.8. The fourth-order valence-corrected chi connectivity index (χ4v) is 1.96. The number of carbonyl (C=O) groups is 2. The number of Topliss-reactive ketones (excluding diaryl/α,β-unsaturated/α-hetero) is 2. The Hall–Kier alpha value is -1.39. The van der Waals surface area contributed by atoms with E-state index in [0.29, 0.717) is 6.42 Å². The van der Waals surface area contributed by atoms with Crippen LogP contribution in [-0.4, -0.2) is 31.6 Å². The maximum atomic E-state index is 12.7. The number of rotatable bonds is 12. The van der Waals surface area contributed by atoms with Crippen LogP contribution in [0, 0.1) is 5.41 Å². The first kappa shape index (κ1) is 21.6. The molecule has 0 heterocycles. The van der Waals surface area contributed by atoms with Crippen LogP contribution < -0.4 is 0 Å². The largest absolute Gasteiger partial charge is 0.299 e. The van der Waals surface area contributed by atoms with Gasteiger partial charge in [-0.05, 0) is 40.0 Å². The van der Waals surface area contributed by atoms with Gasteiger partial charge in [0, 0.05) is 6.42 Å². The number of allylic oxidation sites excluding steroid dienone is 4. The van der Waals surface area contributed by atoms with Gasteiger partial charge in [-0.2, -0.15) is 0 Å². The van der Waals surface area contributed by atoms with Crippen molar-refractivity contribution in [2.75, 3.05) is 20.0 Å². The molecule has 23 heavy (non-hydrogen) atoms. The Labute approximate surface area is 136 Å². The van der Waals surface area contributed by atoms with Crippen molar-refractivity contribution >= 4 is 11.6 Å². The Kier molecular flexibility index (Phi) is 10.5. The van der Waals surface area contributed by atoms with E-state index in [4.69, 9.17) is 0 Å². The van der Waals surface area contributed by atoms with Crippen molar-refractivity contribution in [2.24, 2.45) is 5.41 Å². The lowest BCUT2D eigenvalue weighted by molar-refractivity contribution is -0.135. The average Bonchev–Trinajstić information content (AvgIpc) is 2.49. The van der Waals surface area contributed by atoms with Crippen molar-refractivity contribution < 1.29 is 22.8 Å². The number of alkyl halides is 3. The minimum Gasteiger partial charge on any atom is -0.299 e. The van der Waals surface area contributed by atoms with Crippen LogP contribution in [0.5, 0.6) is 0 Å². The molecule has 0 aromatic rings. The SMILES string of the molecule is CC(C)=CCCC(C)=CCCC(=O)CC(=O)C(CF)(CF)CF. The minimum absolute atomic E-state index is 0.118. The van der Waals surface area contributed by atoms with Crippen LogP contribution in [0.3, 0.4) is 0 Å². The second-order valence-corrected chi connectivity index (χ2v) is 6.23. The summed E-state index contributed by atoms with van der Waals surface area (Å²) in [6.07, 6.45) is 5.87. The standard InChI is InChI=1S/C18H27F3O2/c1-14(2)6-4-7-15(3)8-5-9-16(22)10-17(23)18(11-19,12-20)13-21/h6,8H,4-5,7,9-13H2,1-3H3. The van der Waals surface area contributed by atoms with Crippen molar-refractivity contribution in [2.45, 2.75) is 52.9 Å². The van der Waals surface area contributed by atoms with E-state index >= 15 is 0 Å². The van der Waals surface area contributed by atoms with Gasteiger partial charge < -0.3 is 0 Å². The van der Waals surface area contributed by atoms with Gasteiger partial charge in [0.2, 0.25) is 0 Å². The molecule has 0 aromatic carbocycles. The second-order valence-electron chi connectivity index (χ2n) is 6.23. The molecule has 0 aliphatic carbocycles. The number of hydrogen-bond donors (Lipinski definition) is 0. The first-order valence-corrected chi connectivity index (χ1v) is 7.83. The lowest BCUT2D eigenvalue weighted by Gasteiger charge is -2.21. The van der Waals surface area contributed by atoms with E-state index in [1.807, 2.05) is 26.8 Å². The number of carbonyl (C=O) groups excluding carboxylic acids is 2. The molecule has 0 radical (unpaired) electrons. The fraction of sp³-hybridized carbons (Fsp3) is 0.667. The molecule has 0 N–H and O–H groups in total. The van der Waals surface area contributed by atoms with E-state index in [0.717, 1.165) is 18.4 Å². The van der Waals surface area contributed by atoms with Crippen molar-refractivity contribution in [1.29, 1.82) is 0 Å². The van der Waals surface area contributed by atoms with Gasteiger partial charge in [0.1, 0.15) is 31.2 Å². The molecule has 0 bridgehead atoms. The molecule has 0 spiro atoms. The number of hydrogen-bond acceptors (Lipinski definition) is 2. The maximum Gasteiger partial charge on any atom is 0.154 e. The van der Waals surface area contributed by atoms with Gasteiger partial charge >= 0.3 is 0 Å². The molecule has 5 heteroatoms. The molecular weight excluding hydrogens is 305 g/mol. The van der Waals surface area contributed by atoms with Crippen molar-refractivity contribution in [1.82, 2.24) is 0 Å². The van der Waals surface area contributed by atoms with Crippen LogP contribution >= 0.6 is 0 Å². The zero-order valence-corrected chi connectivity index (χ0v) is 14.3. The summed E-state index contributed by atoms with van der Waals surface area (Å²) in [5.41, 5.74) is 0.113. The molecule has 0 aliphatic heterocycles. The van der Waals surface area contributed by atoms with E-state index in [1.165, 1.54) is 5.57 Å². The Bertz CT molecular complexity index is 437. The van der Waals surface area contributed by atoms with Gasteiger partial charge in [-0.3, -0.25) is 9.59 Å². The predicted molar refractivity (Wildman–Crippen MR) is 86.6 cm³/mol. The van der Waals surface area contributed by atoms with Crippen molar-refractivity contribution in [3.63, 3.8) is 0 Å². The third kappa shape index (κ3) is 8.14.